The summed E-state index contributed by atoms with van der Waals surface area (Å²) in [6.45, 7) is 1.44. The van der Waals surface area contributed by atoms with Gasteiger partial charge in [0.05, 0.1) is 27.8 Å². The van der Waals surface area contributed by atoms with Crippen LogP contribution in [0.3, 0.4) is 0 Å². The predicted molar refractivity (Wildman–Crippen MR) is 75.1 cm³/mol. The van der Waals surface area contributed by atoms with Crippen molar-refractivity contribution in [2.24, 2.45) is 5.92 Å². The third-order valence-electron chi connectivity index (χ3n) is 2.18. The number of benzene rings is 1. The molecule has 0 amide bonds. The summed E-state index contributed by atoms with van der Waals surface area (Å²) >= 11 is 2.96. The summed E-state index contributed by atoms with van der Waals surface area (Å²) in [5.41, 5.74) is -0.544. The summed E-state index contributed by atoms with van der Waals surface area (Å²) in [6.07, 6.45) is 0. The Kier molecular flexibility index (Phi) is 5.72. The van der Waals surface area contributed by atoms with Crippen LogP contribution in [0.4, 0.5) is 10.1 Å². The van der Waals surface area contributed by atoms with Gasteiger partial charge in [0.1, 0.15) is 5.82 Å². The van der Waals surface area contributed by atoms with E-state index in [0.717, 1.165) is 12.1 Å². The van der Waals surface area contributed by atoms with Gasteiger partial charge in [-0.25, -0.2) is 12.8 Å². The average Bonchev–Trinajstić information content (AvgIpc) is 2.24. The second-order valence-corrected chi connectivity index (χ2v) is 7.79. The predicted octanol–water partition coefficient (Wildman–Crippen LogP) is 3.08. The van der Waals surface area contributed by atoms with E-state index >= 15 is 0 Å². The van der Waals surface area contributed by atoms with Crippen molar-refractivity contribution in [1.29, 1.82) is 0 Å². The van der Waals surface area contributed by atoms with E-state index in [0.29, 0.717) is 0 Å². The molecule has 0 heterocycles. The highest BCUT2D eigenvalue weighted by molar-refractivity contribution is 9.10. The van der Waals surface area contributed by atoms with Crippen LogP contribution in [-0.4, -0.2) is 25.7 Å². The van der Waals surface area contributed by atoms with E-state index in [4.69, 9.17) is 15.4 Å². The average molecular weight is 391 g/mol. The SMILES string of the molecule is CC(COc1c(Br)cc(F)cc1[N+](=O)[O-])CS(=O)(=O)Cl. The molecule has 1 aromatic carbocycles. The molecule has 0 radical (unpaired) electrons. The number of nitrogens with zero attached hydrogens (tertiary/aromatic N) is 1. The third-order valence-corrected chi connectivity index (χ3v) is 4.12. The first-order valence-corrected chi connectivity index (χ1v) is 8.56. The molecule has 0 bridgehead atoms. The van der Waals surface area contributed by atoms with Crippen LogP contribution in [0.25, 0.3) is 0 Å². The molecule has 0 saturated carbocycles. The van der Waals surface area contributed by atoms with E-state index in [9.17, 15) is 22.9 Å². The zero-order chi connectivity index (χ0) is 15.5. The molecule has 0 saturated heterocycles. The van der Waals surface area contributed by atoms with Crippen LogP contribution in [0.2, 0.25) is 0 Å². The minimum absolute atomic E-state index is 0.0742. The van der Waals surface area contributed by atoms with Crippen molar-refractivity contribution in [3.8, 4) is 5.75 Å². The molecule has 0 aliphatic heterocycles. The molecule has 1 unspecified atom stereocenters. The van der Waals surface area contributed by atoms with Gasteiger partial charge in [0.15, 0.2) is 0 Å². The first-order valence-electron chi connectivity index (χ1n) is 5.28. The van der Waals surface area contributed by atoms with Crippen molar-refractivity contribution >= 4 is 41.4 Å². The van der Waals surface area contributed by atoms with E-state index in [1.807, 2.05) is 0 Å². The Bertz CT molecular complexity index is 624. The number of hydrogen-bond acceptors (Lipinski definition) is 5. The van der Waals surface area contributed by atoms with Crippen molar-refractivity contribution in [2.75, 3.05) is 12.4 Å². The van der Waals surface area contributed by atoms with Crippen LogP contribution >= 0.6 is 26.6 Å². The van der Waals surface area contributed by atoms with Crippen LogP contribution in [0, 0.1) is 21.8 Å². The van der Waals surface area contributed by atoms with Crippen molar-refractivity contribution in [2.45, 2.75) is 6.92 Å². The molecule has 0 aliphatic rings. The number of nitro benzene ring substituents is 1. The Morgan fingerprint density at radius 3 is 2.65 bits per heavy atom. The summed E-state index contributed by atoms with van der Waals surface area (Å²) in [6, 6.07) is 1.74. The number of ether oxygens (including phenoxy) is 1. The molecule has 10 heteroatoms. The quantitative estimate of drug-likeness (QED) is 0.423. The minimum atomic E-state index is -3.68. The molecular formula is C10H10BrClFNO5S. The van der Waals surface area contributed by atoms with Gasteiger partial charge in [-0.3, -0.25) is 10.1 Å². The fraction of sp³-hybridized carbons (Fsp3) is 0.400. The topological polar surface area (TPSA) is 86.5 Å². The lowest BCUT2D eigenvalue weighted by atomic mass is 10.2. The standard InChI is InChI=1S/C10H10BrClFNO5S/c1-6(5-20(12,17)18)4-19-10-8(11)2-7(13)3-9(10)14(15)16/h2-3,6H,4-5H2,1H3. The Labute approximate surface area is 127 Å². The molecule has 20 heavy (non-hydrogen) atoms. The Morgan fingerprint density at radius 2 is 2.15 bits per heavy atom. The minimum Gasteiger partial charge on any atom is -0.486 e. The van der Waals surface area contributed by atoms with Gasteiger partial charge in [0.25, 0.3) is 0 Å². The van der Waals surface area contributed by atoms with Crippen LogP contribution in [0.5, 0.6) is 5.75 Å². The summed E-state index contributed by atoms with van der Waals surface area (Å²) in [7, 11) is 1.41. The molecule has 0 aromatic heterocycles. The van der Waals surface area contributed by atoms with Gasteiger partial charge < -0.3 is 4.74 Å². The maximum absolute atomic E-state index is 13.1. The summed E-state index contributed by atoms with van der Waals surface area (Å²) in [4.78, 5) is 10.0. The van der Waals surface area contributed by atoms with Crippen LogP contribution in [0.15, 0.2) is 16.6 Å². The number of halogens is 3. The second-order valence-electron chi connectivity index (χ2n) is 4.11. The maximum Gasteiger partial charge on any atom is 0.315 e. The number of rotatable bonds is 6. The summed E-state index contributed by atoms with van der Waals surface area (Å²) in [5, 5.41) is 10.8. The smallest absolute Gasteiger partial charge is 0.315 e. The molecular weight excluding hydrogens is 381 g/mol. The van der Waals surface area contributed by atoms with Gasteiger partial charge in [-0.15, -0.1) is 0 Å². The highest BCUT2D eigenvalue weighted by Crippen LogP contribution is 2.36. The molecule has 1 rings (SSSR count). The van der Waals surface area contributed by atoms with Gasteiger partial charge in [-0.1, -0.05) is 6.92 Å². The van der Waals surface area contributed by atoms with E-state index in [1.165, 1.54) is 0 Å². The lowest BCUT2D eigenvalue weighted by Crippen LogP contribution is -2.17. The highest BCUT2D eigenvalue weighted by Gasteiger charge is 2.22. The van der Waals surface area contributed by atoms with Gasteiger partial charge in [-0.05, 0) is 22.0 Å². The molecule has 0 N–H and O–H groups in total. The second kappa shape index (κ2) is 6.68. The number of nitro groups is 1. The van der Waals surface area contributed by atoms with E-state index < -0.39 is 31.4 Å². The lowest BCUT2D eigenvalue weighted by Gasteiger charge is -2.12. The largest absolute Gasteiger partial charge is 0.486 e. The molecule has 0 fully saturated rings. The monoisotopic (exact) mass is 389 g/mol. The first kappa shape index (κ1) is 17.1. The zero-order valence-electron chi connectivity index (χ0n) is 10.2. The Hall–Kier alpha value is -0.930. The third kappa shape index (κ3) is 5.22. The molecule has 6 nitrogen and oxygen atoms in total. The van der Waals surface area contributed by atoms with Crippen molar-refractivity contribution < 1.29 is 22.5 Å². The molecule has 1 atom stereocenters. The van der Waals surface area contributed by atoms with Gasteiger partial charge in [0, 0.05) is 16.6 Å². The van der Waals surface area contributed by atoms with E-state index in [-0.39, 0.29) is 22.6 Å². The fourth-order valence-corrected chi connectivity index (χ4v) is 3.40. The number of hydrogen-bond donors (Lipinski definition) is 0. The molecule has 0 aliphatic carbocycles. The van der Waals surface area contributed by atoms with Crippen LogP contribution < -0.4 is 4.74 Å². The lowest BCUT2D eigenvalue weighted by molar-refractivity contribution is -0.386. The Morgan fingerprint density at radius 1 is 1.55 bits per heavy atom. The van der Waals surface area contributed by atoms with Gasteiger partial charge >= 0.3 is 5.69 Å². The van der Waals surface area contributed by atoms with E-state index in [1.54, 1.807) is 6.92 Å². The Balaban J connectivity index is 2.90. The summed E-state index contributed by atoms with van der Waals surface area (Å²) in [5.74, 6) is -1.75. The normalized spacial score (nSPS) is 13.0. The first-order chi connectivity index (χ1) is 9.10. The van der Waals surface area contributed by atoms with Crippen LogP contribution in [-0.2, 0) is 9.05 Å². The zero-order valence-corrected chi connectivity index (χ0v) is 13.3. The van der Waals surface area contributed by atoms with Gasteiger partial charge in [0.2, 0.25) is 14.8 Å². The van der Waals surface area contributed by atoms with Crippen molar-refractivity contribution in [3.05, 3.63) is 32.5 Å². The van der Waals surface area contributed by atoms with Crippen LogP contribution in [0.1, 0.15) is 6.92 Å². The summed E-state index contributed by atoms with van der Waals surface area (Å²) < 4.78 is 40.2. The van der Waals surface area contributed by atoms with Crippen molar-refractivity contribution in [1.82, 2.24) is 0 Å². The highest BCUT2D eigenvalue weighted by atomic mass is 79.9. The van der Waals surface area contributed by atoms with Gasteiger partial charge in [-0.2, -0.15) is 0 Å². The van der Waals surface area contributed by atoms with E-state index in [2.05, 4.69) is 15.9 Å². The molecule has 0 spiro atoms. The molecule has 112 valence electrons. The maximum atomic E-state index is 13.1. The van der Waals surface area contributed by atoms with Crippen molar-refractivity contribution in [3.63, 3.8) is 0 Å². The fourth-order valence-electron chi connectivity index (χ4n) is 1.44. The molecule has 1 aromatic rings.